The lowest BCUT2D eigenvalue weighted by Crippen LogP contribution is -2.49. The molecule has 2 amide bonds. The molecule has 3 aromatic rings. The standard InChI is InChI=1S/C28H27BrN2O5/c29-19-11-9-18(10-12-19)15-16-31(25(27(30)34)13-14-26(32)33)28(35)36-17-24-22-7-3-1-5-20(22)21-6-2-4-8-23(21)24/h1-12,24-25H,13-17H2,(H2,30,34)(H,32,33)/t25-/m0/s1. The summed E-state index contributed by atoms with van der Waals surface area (Å²) in [5, 5.41) is 9.14. The zero-order chi connectivity index (χ0) is 25.7. The highest BCUT2D eigenvalue weighted by atomic mass is 79.9. The number of carbonyl (C=O) groups is 3. The summed E-state index contributed by atoms with van der Waals surface area (Å²) >= 11 is 3.40. The van der Waals surface area contributed by atoms with Gasteiger partial charge in [-0.2, -0.15) is 0 Å². The Morgan fingerprint density at radius 1 is 0.944 bits per heavy atom. The van der Waals surface area contributed by atoms with E-state index in [1.165, 1.54) is 4.90 Å². The number of ether oxygens (including phenoxy) is 1. The average molecular weight is 551 g/mol. The lowest BCUT2D eigenvalue weighted by molar-refractivity contribution is -0.137. The van der Waals surface area contributed by atoms with Crippen molar-refractivity contribution in [2.75, 3.05) is 13.2 Å². The van der Waals surface area contributed by atoms with Crippen LogP contribution < -0.4 is 5.73 Å². The van der Waals surface area contributed by atoms with Crippen LogP contribution in [0.5, 0.6) is 0 Å². The monoisotopic (exact) mass is 550 g/mol. The summed E-state index contributed by atoms with van der Waals surface area (Å²) in [5.41, 5.74) is 10.9. The molecular weight excluding hydrogens is 524 g/mol. The molecule has 0 saturated carbocycles. The van der Waals surface area contributed by atoms with Crippen molar-refractivity contribution < 1.29 is 24.2 Å². The van der Waals surface area contributed by atoms with Crippen molar-refractivity contribution in [1.29, 1.82) is 0 Å². The molecule has 0 heterocycles. The minimum Gasteiger partial charge on any atom is -0.481 e. The largest absolute Gasteiger partial charge is 0.481 e. The lowest BCUT2D eigenvalue weighted by atomic mass is 9.98. The molecule has 3 N–H and O–H groups in total. The van der Waals surface area contributed by atoms with Gasteiger partial charge in [0.05, 0.1) is 0 Å². The molecule has 7 nitrogen and oxygen atoms in total. The summed E-state index contributed by atoms with van der Waals surface area (Å²) < 4.78 is 6.70. The minimum absolute atomic E-state index is 0.0881. The Labute approximate surface area is 218 Å². The lowest BCUT2D eigenvalue weighted by Gasteiger charge is -2.29. The van der Waals surface area contributed by atoms with Crippen LogP contribution in [0, 0.1) is 0 Å². The Morgan fingerprint density at radius 3 is 2.08 bits per heavy atom. The predicted octanol–water partition coefficient (Wildman–Crippen LogP) is 4.96. The number of nitrogens with two attached hydrogens (primary N) is 1. The summed E-state index contributed by atoms with van der Waals surface area (Å²) in [4.78, 5) is 38.0. The van der Waals surface area contributed by atoms with Gasteiger partial charge in [-0.05, 0) is 52.8 Å². The first-order valence-electron chi connectivity index (χ1n) is 11.7. The fourth-order valence-electron chi connectivity index (χ4n) is 4.66. The van der Waals surface area contributed by atoms with Gasteiger partial charge in [0.25, 0.3) is 0 Å². The van der Waals surface area contributed by atoms with Crippen LogP contribution in [0.25, 0.3) is 11.1 Å². The number of amides is 2. The predicted molar refractivity (Wildman–Crippen MR) is 139 cm³/mol. The number of aliphatic carboxylic acids is 1. The molecule has 0 saturated heterocycles. The second kappa shape index (κ2) is 11.4. The first-order valence-corrected chi connectivity index (χ1v) is 12.5. The molecule has 0 aromatic heterocycles. The molecule has 1 aliphatic carbocycles. The summed E-state index contributed by atoms with van der Waals surface area (Å²) in [6, 6.07) is 22.5. The molecule has 3 aromatic carbocycles. The first-order chi connectivity index (χ1) is 17.3. The number of carbonyl (C=O) groups excluding carboxylic acids is 2. The van der Waals surface area contributed by atoms with E-state index in [4.69, 9.17) is 15.6 Å². The molecule has 0 bridgehead atoms. The molecule has 0 fully saturated rings. The Hall–Kier alpha value is -3.65. The molecule has 8 heteroatoms. The van der Waals surface area contributed by atoms with Crippen LogP contribution in [-0.4, -0.2) is 47.2 Å². The van der Waals surface area contributed by atoms with Crippen LogP contribution in [0.1, 0.15) is 35.4 Å². The molecule has 0 unspecified atom stereocenters. The highest BCUT2D eigenvalue weighted by molar-refractivity contribution is 9.10. The average Bonchev–Trinajstić information content (AvgIpc) is 3.19. The summed E-state index contributed by atoms with van der Waals surface area (Å²) in [6.07, 6.45) is -0.620. The van der Waals surface area contributed by atoms with Crippen molar-refractivity contribution in [1.82, 2.24) is 4.90 Å². The fraction of sp³-hybridized carbons (Fsp3) is 0.250. The zero-order valence-corrected chi connectivity index (χ0v) is 21.2. The van der Waals surface area contributed by atoms with Gasteiger partial charge in [-0.3, -0.25) is 14.5 Å². The van der Waals surface area contributed by atoms with Crippen LogP contribution >= 0.6 is 15.9 Å². The van der Waals surface area contributed by atoms with Gasteiger partial charge in [0.15, 0.2) is 0 Å². The number of hydrogen-bond donors (Lipinski definition) is 2. The van der Waals surface area contributed by atoms with Crippen molar-refractivity contribution in [3.05, 3.63) is 94.0 Å². The van der Waals surface area contributed by atoms with Gasteiger partial charge in [0, 0.05) is 23.4 Å². The highest BCUT2D eigenvalue weighted by Crippen LogP contribution is 2.44. The topological polar surface area (TPSA) is 110 Å². The van der Waals surface area contributed by atoms with E-state index in [2.05, 4.69) is 28.1 Å². The molecular formula is C28H27BrN2O5. The van der Waals surface area contributed by atoms with E-state index in [0.717, 1.165) is 32.3 Å². The van der Waals surface area contributed by atoms with E-state index in [9.17, 15) is 14.4 Å². The minimum atomic E-state index is -1.09. The Morgan fingerprint density at radius 2 is 1.53 bits per heavy atom. The molecule has 0 radical (unpaired) electrons. The SMILES string of the molecule is NC(=O)[C@H](CCC(=O)O)N(CCc1ccc(Br)cc1)C(=O)OCC1c2ccccc2-c2ccccc21. The fourth-order valence-corrected chi connectivity index (χ4v) is 4.93. The van der Waals surface area contributed by atoms with E-state index in [1.807, 2.05) is 60.7 Å². The second-order valence-corrected chi connectivity index (χ2v) is 9.64. The third-order valence-electron chi connectivity index (χ3n) is 6.46. The van der Waals surface area contributed by atoms with Crippen molar-refractivity contribution >= 4 is 33.9 Å². The normalized spacial score (nSPS) is 12.9. The van der Waals surface area contributed by atoms with Crippen LogP contribution in [0.4, 0.5) is 4.79 Å². The molecule has 4 rings (SSSR count). The molecule has 186 valence electrons. The number of halogens is 1. The number of benzene rings is 3. The van der Waals surface area contributed by atoms with E-state index >= 15 is 0 Å². The summed E-state index contributed by atoms with van der Waals surface area (Å²) in [5.74, 6) is -1.97. The van der Waals surface area contributed by atoms with Crippen molar-refractivity contribution in [2.24, 2.45) is 5.73 Å². The highest BCUT2D eigenvalue weighted by Gasteiger charge is 2.33. The Balaban J connectivity index is 1.53. The van der Waals surface area contributed by atoms with E-state index in [-0.39, 0.29) is 31.9 Å². The van der Waals surface area contributed by atoms with E-state index in [1.54, 1.807) is 0 Å². The van der Waals surface area contributed by atoms with Crippen molar-refractivity contribution in [3.8, 4) is 11.1 Å². The number of fused-ring (bicyclic) bond motifs is 3. The van der Waals surface area contributed by atoms with E-state index in [0.29, 0.717) is 6.42 Å². The molecule has 36 heavy (non-hydrogen) atoms. The smallest absolute Gasteiger partial charge is 0.410 e. The maximum absolute atomic E-state index is 13.3. The molecule has 0 aliphatic heterocycles. The number of carboxylic acids is 1. The van der Waals surface area contributed by atoms with Gasteiger partial charge in [0.2, 0.25) is 5.91 Å². The van der Waals surface area contributed by atoms with Gasteiger partial charge in [-0.1, -0.05) is 76.6 Å². The number of nitrogens with zero attached hydrogens (tertiary/aromatic N) is 1. The van der Waals surface area contributed by atoms with Gasteiger partial charge in [0.1, 0.15) is 12.6 Å². The molecule has 1 aliphatic rings. The van der Waals surface area contributed by atoms with Crippen LogP contribution in [0.15, 0.2) is 77.3 Å². The van der Waals surface area contributed by atoms with Crippen LogP contribution in [0.3, 0.4) is 0 Å². The van der Waals surface area contributed by atoms with Crippen molar-refractivity contribution in [3.63, 3.8) is 0 Å². The Kier molecular flexibility index (Phi) is 8.05. The van der Waals surface area contributed by atoms with Crippen LogP contribution in [0.2, 0.25) is 0 Å². The number of primary amides is 1. The zero-order valence-electron chi connectivity index (χ0n) is 19.6. The summed E-state index contributed by atoms with van der Waals surface area (Å²) in [6.45, 7) is 0.248. The maximum Gasteiger partial charge on any atom is 0.410 e. The maximum atomic E-state index is 13.3. The first kappa shape index (κ1) is 25.4. The number of hydrogen-bond acceptors (Lipinski definition) is 4. The molecule has 1 atom stereocenters. The number of carboxylic acid groups (broad SMARTS) is 1. The molecule has 0 spiro atoms. The van der Waals surface area contributed by atoms with Crippen LogP contribution in [-0.2, 0) is 20.7 Å². The van der Waals surface area contributed by atoms with Crippen molar-refractivity contribution in [2.45, 2.75) is 31.2 Å². The second-order valence-electron chi connectivity index (χ2n) is 8.72. The Bertz CT molecular complexity index is 1220. The third-order valence-corrected chi connectivity index (χ3v) is 6.99. The summed E-state index contributed by atoms with van der Waals surface area (Å²) in [7, 11) is 0. The number of rotatable bonds is 10. The van der Waals surface area contributed by atoms with Gasteiger partial charge < -0.3 is 15.6 Å². The quantitative estimate of drug-likeness (QED) is 0.370. The van der Waals surface area contributed by atoms with E-state index < -0.39 is 24.0 Å². The van der Waals surface area contributed by atoms with Gasteiger partial charge >= 0.3 is 12.1 Å². The van der Waals surface area contributed by atoms with Gasteiger partial charge in [-0.25, -0.2) is 4.79 Å². The van der Waals surface area contributed by atoms with Gasteiger partial charge in [-0.15, -0.1) is 0 Å². The third kappa shape index (κ3) is 5.76.